The van der Waals surface area contributed by atoms with Crippen LogP contribution in [0.4, 0.5) is 0 Å². The Labute approximate surface area is 159 Å². The van der Waals surface area contributed by atoms with Crippen molar-refractivity contribution >= 4 is 33.9 Å². The van der Waals surface area contributed by atoms with Gasteiger partial charge in [0.15, 0.2) is 11.5 Å². The highest BCUT2D eigenvalue weighted by Gasteiger charge is 2.09. The number of carbonyl (C=O) groups is 2. The molecule has 0 saturated heterocycles. The number of benzene rings is 2. The maximum absolute atomic E-state index is 12.0. The molecule has 0 aromatic heterocycles. The molecule has 0 bridgehead atoms. The van der Waals surface area contributed by atoms with E-state index in [1.54, 1.807) is 31.4 Å². The van der Waals surface area contributed by atoms with Crippen LogP contribution in [0, 0.1) is 0 Å². The number of aromatic carboxylic acids is 1. The molecule has 0 aliphatic heterocycles. The van der Waals surface area contributed by atoms with Crippen molar-refractivity contribution in [2.45, 2.75) is 6.54 Å². The van der Waals surface area contributed by atoms with Crippen molar-refractivity contribution in [3.05, 3.63) is 63.6 Å². The summed E-state index contributed by atoms with van der Waals surface area (Å²) in [6, 6.07) is 9.98. The van der Waals surface area contributed by atoms with Crippen LogP contribution in [0.15, 0.2) is 46.9 Å². The summed E-state index contributed by atoms with van der Waals surface area (Å²) in [6.07, 6.45) is 3.05. The first-order valence-electron chi connectivity index (χ1n) is 7.64. The molecule has 6 nitrogen and oxygen atoms in total. The van der Waals surface area contributed by atoms with Gasteiger partial charge in [-0.25, -0.2) is 4.79 Å². The highest BCUT2D eigenvalue weighted by atomic mass is 79.9. The Kier molecular flexibility index (Phi) is 6.80. The third kappa shape index (κ3) is 5.10. The van der Waals surface area contributed by atoms with Crippen molar-refractivity contribution in [3.8, 4) is 11.5 Å². The van der Waals surface area contributed by atoms with Gasteiger partial charge in [0, 0.05) is 12.6 Å². The summed E-state index contributed by atoms with van der Waals surface area (Å²) in [5.74, 6) is -0.173. The van der Waals surface area contributed by atoms with Gasteiger partial charge < -0.3 is 19.9 Å². The zero-order valence-electron chi connectivity index (χ0n) is 14.3. The molecular formula is C19H18BrNO5. The molecule has 0 aliphatic carbocycles. The number of ether oxygens (including phenoxy) is 2. The van der Waals surface area contributed by atoms with E-state index in [2.05, 4.69) is 21.2 Å². The van der Waals surface area contributed by atoms with Crippen molar-refractivity contribution in [1.29, 1.82) is 0 Å². The van der Waals surface area contributed by atoms with Gasteiger partial charge in [-0.1, -0.05) is 12.1 Å². The Bertz CT molecular complexity index is 848. The molecule has 2 rings (SSSR count). The summed E-state index contributed by atoms with van der Waals surface area (Å²) < 4.78 is 11.2. The quantitative estimate of drug-likeness (QED) is 0.670. The third-order valence-electron chi connectivity index (χ3n) is 3.52. The fraction of sp³-hybridized carbons (Fsp3) is 0.158. The van der Waals surface area contributed by atoms with Gasteiger partial charge in [0.2, 0.25) is 5.91 Å². The maximum Gasteiger partial charge on any atom is 0.335 e. The van der Waals surface area contributed by atoms with E-state index in [1.165, 1.54) is 25.3 Å². The molecule has 1 amide bonds. The molecule has 7 heteroatoms. The van der Waals surface area contributed by atoms with Crippen molar-refractivity contribution < 1.29 is 24.2 Å². The van der Waals surface area contributed by atoms with Gasteiger partial charge in [-0.2, -0.15) is 0 Å². The number of methoxy groups -OCH3 is 2. The topological polar surface area (TPSA) is 84.9 Å². The molecule has 0 atom stereocenters. The molecule has 0 fully saturated rings. The van der Waals surface area contributed by atoms with Gasteiger partial charge in [0.1, 0.15) is 0 Å². The van der Waals surface area contributed by atoms with Crippen LogP contribution >= 0.6 is 15.9 Å². The maximum atomic E-state index is 12.0. The number of carbonyl (C=O) groups excluding carboxylic acids is 1. The van der Waals surface area contributed by atoms with Gasteiger partial charge >= 0.3 is 5.97 Å². The highest BCUT2D eigenvalue weighted by Crippen LogP contribution is 2.36. The predicted molar refractivity (Wildman–Crippen MR) is 102 cm³/mol. The molecule has 0 spiro atoms. The van der Waals surface area contributed by atoms with E-state index in [1.807, 2.05) is 6.07 Å². The first kappa shape index (κ1) is 19.5. The second-order valence-electron chi connectivity index (χ2n) is 5.29. The molecular weight excluding hydrogens is 402 g/mol. The second kappa shape index (κ2) is 9.05. The molecule has 0 unspecified atom stereocenters. The average Bonchev–Trinajstić information content (AvgIpc) is 2.64. The zero-order chi connectivity index (χ0) is 19.1. The van der Waals surface area contributed by atoms with Crippen molar-refractivity contribution in [2.24, 2.45) is 0 Å². The Morgan fingerprint density at radius 2 is 1.96 bits per heavy atom. The van der Waals surface area contributed by atoms with Crippen molar-refractivity contribution in [2.75, 3.05) is 14.2 Å². The van der Waals surface area contributed by atoms with Crippen LogP contribution in [-0.4, -0.2) is 31.2 Å². The van der Waals surface area contributed by atoms with Crippen molar-refractivity contribution in [1.82, 2.24) is 5.32 Å². The van der Waals surface area contributed by atoms with Gasteiger partial charge in [0.05, 0.1) is 24.3 Å². The van der Waals surface area contributed by atoms with Crippen LogP contribution in [0.5, 0.6) is 11.5 Å². The minimum atomic E-state index is -1.00. The van der Waals surface area contributed by atoms with E-state index < -0.39 is 5.97 Å². The monoisotopic (exact) mass is 419 g/mol. The first-order chi connectivity index (χ1) is 12.4. The number of nitrogens with one attached hydrogen (secondary N) is 1. The summed E-state index contributed by atoms with van der Waals surface area (Å²) in [4.78, 5) is 22.9. The van der Waals surface area contributed by atoms with E-state index in [9.17, 15) is 9.59 Å². The minimum absolute atomic E-state index is 0.183. The highest BCUT2D eigenvalue weighted by molar-refractivity contribution is 9.10. The number of carboxylic acid groups (broad SMARTS) is 1. The van der Waals surface area contributed by atoms with Crippen LogP contribution in [0.2, 0.25) is 0 Å². The van der Waals surface area contributed by atoms with Crippen LogP contribution in [0.3, 0.4) is 0 Å². The Morgan fingerprint density at radius 1 is 1.19 bits per heavy atom. The fourth-order valence-electron chi connectivity index (χ4n) is 2.27. The summed E-state index contributed by atoms with van der Waals surface area (Å²) >= 11 is 3.40. The van der Waals surface area contributed by atoms with E-state index >= 15 is 0 Å². The molecule has 0 aliphatic rings. The number of amides is 1. The van der Waals surface area contributed by atoms with E-state index in [4.69, 9.17) is 14.6 Å². The molecule has 0 saturated carbocycles. The second-order valence-corrected chi connectivity index (χ2v) is 6.15. The Balaban J connectivity index is 2.02. The number of hydrogen-bond donors (Lipinski definition) is 2. The van der Waals surface area contributed by atoms with Crippen LogP contribution in [-0.2, 0) is 11.3 Å². The fourth-order valence-corrected chi connectivity index (χ4v) is 2.89. The molecule has 0 heterocycles. The molecule has 2 aromatic rings. The molecule has 26 heavy (non-hydrogen) atoms. The van der Waals surface area contributed by atoms with Crippen LogP contribution in [0.25, 0.3) is 6.08 Å². The lowest BCUT2D eigenvalue weighted by Gasteiger charge is -2.10. The van der Waals surface area contributed by atoms with Crippen molar-refractivity contribution in [3.63, 3.8) is 0 Å². The standard InChI is InChI=1S/C19H18BrNO5/c1-25-16-10-12(9-15(20)18(16)26-2)6-7-17(22)21-11-13-4-3-5-14(8-13)19(23)24/h3-10H,11H2,1-2H3,(H,21,22)(H,23,24)/b7-6+. The minimum Gasteiger partial charge on any atom is -0.493 e. The number of hydrogen-bond acceptors (Lipinski definition) is 4. The number of carboxylic acids is 1. The van der Waals surface area contributed by atoms with Gasteiger partial charge in [0.25, 0.3) is 0 Å². The SMILES string of the molecule is COc1cc(/C=C/C(=O)NCc2cccc(C(=O)O)c2)cc(Br)c1OC. The van der Waals surface area contributed by atoms with Gasteiger partial charge in [-0.05, 0) is 57.4 Å². The number of rotatable bonds is 7. The summed E-state index contributed by atoms with van der Waals surface area (Å²) in [5.41, 5.74) is 1.65. The zero-order valence-corrected chi connectivity index (χ0v) is 15.9. The average molecular weight is 420 g/mol. The molecule has 2 aromatic carbocycles. The molecule has 0 radical (unpaired) electrons. The van der Waals surface area contributed by atoms with Crippen LogP contribution < -0.4 is 14.8 Å². The Morgan fingerprint density at radius 3 is 2.62 bits per heavy atom. The largest absolute Gasteiger partial charge is 0.493 e. The lowest BCUT2D eigenvalue weighted by atomic mass is 10.1. The lowest BCUT2D eigenvalue weighted by Crippen LogP contribution is -2.20. The smallest absolute Gasteiger partial charge is 0.335 e. The summed E-state index contributed by atoms with van der Waals surface area (Å²) in [6.45, 7) is 0.236. The van der Waals surface area contributed by atoms with Crippen LogP contribution in [0.1, 0.15) is 21.5 Å². The predicted octanol–water partition coefficient (Wildman–Crippen LogP) is 3.49. The number of halogens is 1. The van der Waals surface area contributed by atoms with E-state index in [0.29, 0.717) is 21.5 Å². The van der Waals surface area contributed by atoms with E-state index in [0.717, 1.165) is 5.56 Å². The Hall–Kier alpha value is -2.80. The third-order valence-corrected chi connectivity index (χ3v) is 4.11. The normalized spacial score (nSPS) is 10.6. The first-order valence-corrected chi connectivity index (χ1v) is 8.43. The van der Waals surface area contributed by atoms with Gasteiger partial charge in [-0.3, -0.25) is 4.79 Å². The summed E-state index contributed by atoms with van der Waals surface area (Å²) in [7, 11) is 3.08. The molecule has 136 valence electrons. The van der Waals surface area contributed by atoms with E-state index in [-0.39, 0.29) is 18.0 Å². The lowest BCUT2D eigenvalue weighted by molar-refractivity contribution is -0.116. The summed E-state index contributed by atoms with van der Waals surface area (Å²) in [5, 5.41) is 11.7. The molecule has 2 N–H and O–H groups in total. The van der Waals surface area contributed by atoms with Gasteiger partial charge in [-0.15, -0.1) is 0 Å².